The van der Waals surface area contributed by atoms with Crippen molar-refractivity contribution >= 4 is 39.1 Å². The molecular formula is C15H14BrCl2NO. The smallest absolute Gasteiger partial charge is 0.137 e. The maximum Gasteiger partial charge on any atom is 0.137 e. The van der Waals surface area contributed by atoms with Crippen molar-refractivity contribution in [3.8, 4) is 5.75 Å². The Labute approximate surface area is 137 Å². The number of ether oxygens (including phenoxy) is 1. The minimum Gasteiger partial charge on any atom is -0.495 e. The third kappa shape index (κ3) is 3.67. The fourth-order valence-corrected chi connectivity index (χ4v) is 3.31. The van der Waals surface area contributed by atoms with Gasteiger partial charge in [0.15, 0.2) is 0 Å². The molecule has 0 aliphatic rings. The van der Waals surface area contributed by atoms with E-state index in [1.807, 2.05) is 30.3 Å². The van der Waals surface area contributed by atoms with Crippen molar-refractivity contribution in [3.05, 3.63) is 62.0 Å². The molecule has 0 aromatic heterocycles. The van der Waals surface area contributed by atoms with Crippen LogP contribution in [0.3, 0.4) is 0 Å². The summed E-state index contributed by atoms with van der Waals surface area (Å²) in [7, 11) is 1.61. The van der Waals surface area contributed by atoms with Crippen LogP contribution in [-0.4, -0.2) is 7.11 Å². The van der Waals surface area contributed by atoms with Gasteiger partial charge in [-0.2, -0.15) is 0 Å². The maximum atomic E-state index is 6.29. The average Bonchev–Trinajstić information content (AvgIpc) is 2.37. The van der Waals surface area contributed by atoms with Gasteiger partial charge in [-0.25, -0.2) is 0 Å². The molecular weight excluding hydrogens is 361 g/mol. The molecule has 0 aliphatic carbocycles. The summed E-state index contributed by atoms with van der Waals surface area (Å²) < 4.78 is 6.20. The standard InChI is InChI=1S/C15H14BrCl2NO/c1-20-15-12(7-11(18)8-13(15)16)14(19)6-9-3-2-4-10(17)5-9/h2-5,7-8,14H,6,19H2,1H3. The second-order valence-electron chi connectivity index (χ2n) is 4.45. The first-order valence-corrected chi connectivity index (χ1v) is 7.59. The molecule has 0 bridgehead atoms. The molecule has 1 atom stereocenters. The average molecular weight is 375 g/mol. The highest BCUT2D eigenvalue weighted by Crippen LogP contribution is 2.36. The fourth-order valence-electron chi connectivity index (χ4n) is 2.10. The van der Waals surface area contributed by atoms with E-state index in [1.165, 1.54) is 0 Å². The molecule has 2 aromatic carbocycles. The van der Waals surface area contributed by atoms with E-state index < -0.39 is 0 Å². The number of rotatable bonds is 4. The van der Waals surface area contributed by atoms with Crippen LogP contribution in [0, 0.1) is 0 Å². The highest BCUT2D eigenvalue weighted by molar-refractivity contribution is 9.10. The van der Waals surface area contributed by atoms with Crippen LogP contribution in [-0.2, 0) is 6.42 Å². The lowest BCUT2D eigenvalue weighted by Crippen LogP contribution is -2.14. The van der Waals surface area contributed by atoms with Crippen molar-refractivity contribution < 1.29 is 4.74 Å². The van der Waals surface area contributed by atoms with Gasteiger partial charge in [0, 0.05) is 21.7 Å². The largest absolute Gasteiger partial charge is 0.495 e. The molecule has 20 heavy (non-hydrogen) atoms. The molecule has 2 nitrogen and oxygen atoms in total. The van der Waals surface area contributed by atoms with Crippen LogP contribution in [0.1, 0.15) is 17.2 Å². The lowest BCUT2D eigenvalue weighted by Gasteiger charge is -2.17. The first-order valence-electron chi connectivity index (χ1n) is 6.04. The zero-order chi connectivity index (χ0) is 14.7. The number of hydrogen-bond acceptors (Lipinski definition) is 2. The van der Waals surface area contributed by atoms with Crippen LogP contribution in [0.2, 0.25) is 10.0 Å². The first-order chi connectivity index (χ1) is 9.51. The Hall–Kier alpha value is -0.740. The van der Waals surface area contributed by atoms with E-state index in [0.717, 1.165) is 15.6 Å². The summed E-state index contributed by atoms with van der Waals surface area (Å²) in [6, 6.07) is 11.1. The van der Waals surface area contributed by atoms with Gasteiger partial charge in [0.1, 0.15) is 5.75 Å². The van der Waals surface area contributed by atoms with Gasteiger partial charge in [-0.1, -0.05) is 35.3 Å². The van der Waals surface area contributed by atoms with Crippen molar-refractivity contribution in [2.24, 2.45) is 5.73 Å². The summed E-state index contributed by atoms with van der Waals surface area (Å²) in [6.07, 6.45) is 0.656. The minimum absolute atomic E-state index is 0.224. The molecule has 0 radical (unpaired) electrons. The number of hydrogen-bond donors (Lipinski definition) is 1. The summed E-state index contributed by atoms with van der Waals surface area (Å²) in [4.78, 5) is 0. The summed E-state index contributed by atoms with van der Waals surface area (Å²) >= 11 is 15.5. The molecule has 0 saturated carbocycles. The van der Waals surface area contributed by atoms with Crippen molar-refractivity contribution in [1.29, 1.82) is 0 Å². The Morgan fingerprint density at radius 2 is 1.95 bits per heavy atom. The highest BCUT2D eigenvalue weighted by atomic mass is 79.9. The molecule has 0 heterocycles. The summed E-state index contributed by atoms with van der Waals surface area (Å²) in [6.45, 7) is 0. The monoisotopic (exact) mass is 373 g/mol. The van der Waals surface area contributed by atoms with Gasteiger partial charge in [-0.05, 0) is 52.2 Å². The van der Waals surface area contributed by atoms with E-state index in [9.17, 15) is 0 Å². The molecule has 0 aliphatic heterocycles. The molecule has 0 spiro atoms. The van der Waals surface area contributed by atoms with Gasteiger partial charge in [0.05, 0.1) is 11.6 Å². The summed E-state index contributed by atoms with van der Waals surface area (Å²) in [5, 5.41) is 1.32. The van der Waals surface area contributed by atoms with E-state index in [2.05, 4.69) is 15.9 Å². The predicted molar refractivity (Wildman–Crippen MR) is 87.8 cm³/mol. The van der Waals surface area contributed by atoms with Crippen molar-refractivity contribution in [2.75, 3.05) is 7.11 Å². The summed E-state index contributed by atoms with van der Waals surface area (Å²) in [5.74, 6) is 0.712. The Bertz CT molecular complexity index is 619. The number of methoxy groups -OCH3 is 1. The quantitative estimate of drug-likeness (QED) is 0.816. The van der Waals surface area contributed by atoms with Gasteiger partial charge in [-0.3, -0.25) is 0 Å². The van der Waals surface area contributed by atoms with Crippen molar-refractivity contribution in [3.63, 3.8) is 0 Å². The zero-order valence-electron chi connectivity index (χ0n) is 10.9. The van der Waals surface area contributed by atoms with E-state index in [-0.39, 0.29) is 6.04 Å². The van der Waals surface area contributed by atoms with E-state index in [0.29, 0.717) is 22.2 Å². The third-order valence-corrected chi connectivity index (χ3v) is 4.03. The second kappa shape index (κ2) is 6.81. The second-order valence-corrected chi connectivity index (χ2v) is 6.18. The van der Waals surface area contributed by atoms with Gasteiger partial charge in [0.2, 0.25) is 0 Å². The van der Waals surface area contributed by atoms with Crippen molar-refractivity contribution in [2.45, 2.75) is 12.5 Å². The van der Waals surface area contributed by atoms with E-state index in [4.69, 9.17) is 33.7 Å². The number of benzene rings is 2. The Balaban J connectivity index is 2.31. The third-order valence-electron chi connectivity index (χ3n) is 2.99. The normalized spacial score (nSPS) is 12.2. The Morgan fingerprint density at radius 1 is 1.20 bits per heavy atom. The molecule has 0 fully saturated rings. The molecule has 5 heteroatoms. The Morgan fingerprint density at radius 3 is 2.60 bits per heavy atom. The lowest BCUT2D eigenvalue weighted by molar-refractivity contribution is 0.403. The lowest BCUT2D eigenvalue weighted by atomic mass is 9.99. The van der Waals surface area contributed by atoms with Crippen LogP contribution in [0.15, 0.2) is 40.9 Å². The molecule has 2 aromatic rings. The van der Waals surface area contributed by atoms with Gasteiger partial charge in [-0.15, -0.1) is 0 Å². The molecule has 0 amide bonds. The molecule has 106 valence electrons. The SMILES string of the molecule is COc1c(Br)cc(Cl)cc1C(N)Cc1cccc(Cl)c1. The predicted octanol–water partition coefficient (Wildman–Crippen LogP) is 5.01. The Kier molecular flexibility index (Phi) is 5.33. The summed E-state index contributed by atoms with van der Waals surface area (Å²) in [5.41, 5.74) is 8.23. The van der Waals surface area contributed by atoms with Crippen molar-refractivity contribution in [1.82, 2.24) is 0 Å². The van der Waals surface area contributed by atoms with Crippen LogP contribution in [0.5, 0.6) is 5.75 Å². The molecule has 2 rings (SSSR count). The van der Waals surface area contributed by atoms with Gasteiger partial charge < -0.3 is 10.5 Å². The van der Waals surface area contributed by atoms with E-state index >= 15 is 0 Å². The minimum atomic E-state index is -0.224. The van der Waals surface area contributed by atoms with Crippen LogP contribution < -0.4 is 10.5 Å². The van der Waals surface area contributed by atoms with Crippen LogP contribution in [0.25, 0.3) is 0 Å². The maximum absolute atomic E-state index is 6.29. The highest BCUT2D eigenvalue weighted by Gasteiger charge is 2.16. The van der Waals surface area contributed by atoms with Crippen LogP contribution in [0.4, 0.5) is 0 Å². The van der Waals surface area contributed by atoms with Gasteiger partial charge in [0.25, 0.3) is 0 Å². The first kappa shape index (κ1) is 15.6. The molecule has 1 unspecified atom stereocenters. The fraction of sp³-hybridized carbons (Fsp3) is 0.200. The van der Waals surface area contributed by atoms with Gasteiger partial charge >= 0.3 is 0 Å². The molecule has 0 saturated heterocycles. The number of nitrogens with two attached hydrogens (primary N) is 1. The van der Waals surface area contributed by atoms with E-state index in [1.54, 1.807) is 13.2 Å². The van der Waals surface area contributed by atoms with Crippen LogP contribution >= 0.6 is 39.1 Å². The topological polar surface area (TPSA) is 35.2 Å². The zero-order valence-corrected chi connectivity index (χ0v) is 14.0. The number of halogens is 3. The molecule has 2 N–H and O–H groups in total.